The molecule has 1 unspecified atom stereocenters. The number of hydrogen-bond acceptors (Lipinski definition) is 4. The van der Waals surface area contributed by atoms with Crippen molar-refractivity contribution in [2.75, 3.05) is 0 Å². The van der Waals surface area contributed by atoms with Crippen molar-refractivity contribution in [1.29, 1.82) is 0 Å². The Morgan fingerprint density at radius 3 is 2.57 bits per heavy atom. The predicted molar refractivity (Wildman–Crippen MR) is 102 cm³/mol. The Kier molecular flexibility index (Phi) is 6.54. The Bertz CT molecular complexity index is 990. The van der Waals surface area contributed by atoms with E-state index in [1.807, 2.05) is 0 Å². The van der Waals surface area contributed by atoms with Crippen LogP contribution in [0.5, 0.6) is 5.75 Å². The first-order valence-corrected chi connectivity index (χ1v) is 9.25. The Balaban J connectivity index is 1.81. The lowest BCUT2D eigenvalue weighted by atomic mass is 10.1. The summed E-state index contributed by atoms with van der Waals surface area (Å²) in [4.78, 5) is 12.7. The van der Waals surface area contributed by atoms with E-state index < -0.39 is 36.6 Å². The van der Waals surface area contributed by atoms with Crippen LogP contribution in [0, 0.1) is 0 Å². The monoisotopic (exact) mass is 464 g/mol. The first kappa shape index (κ1) is 22.3. The quantitative estimate of drug-likeness (QED) is 0.612. The number of amides is 1. The van der Waals surface area contributed by atoms with Gasteiger partial charge in [-0.15, -0.1) is 0 Å². The highest BCUT2D eigenvalue weighted by Crippen LogP contribution is 2.34. The zero-order valence-corrected chi connectivity index (χ0v) is 16.5. The molecule has 0 spiro atoms. The van der Waals surface area contributed by atoms with Crippen molar-refractivity contribution in [2.24, 2.45) is 5.10 Å². The number of alkyl halides is 4. The van der Waals surface area contributed by atoms with Crippen LogP contribution < -0.4 is 4.74 Å². The lowest BCUT2D eigenvalue weighted by Gasteiger charge is -2.30. The molecule has 1 aliphatic heterocycles. The van der Waals surface area contributed by atoms with E-state index >= 15 is 0 Å². The molecule has 0 bridgehead atoms. The first-order chi connectivity index (χ1) is 14.1. The molecule has 1 aliphatic rings. The van der Waals surface area contributed by atoms with Crippen molar-refractivity contribution >= 4 is 34.8 Å². The third-order valence-corrected chi connectivity index (χ3v) is 4.82. The van der Waals surface area contributed by atoms with Gasteiger partial charge in [0.15, 0.2) is 0 Å². The van der Waals surface area contributed by atoms with Gasteiger partial charge in [-0.25, -0.2) is 17.6 Å². The molecule has 160 valence electrons. The van der Waals surface area contributed by atoms with Crippen LogP contribution in [-0.2, 0) is 6.61 Å². The standard InChI is InChI=1S/C19H14Cl2F4N2O3/c20-12-4-5-15(13(21)7-12)30-9-10-2-1-3-11(6-10)17(28)27-19(29,18(24)25)8-14(26-27)16(22)23/h1-7,16,18,29H,8-9H2. The summed E-state index contributed by atoms with van der Waals surface area (Å²) in [7, 11) is 0. The van der Waals surface area contributed by atoms with E-state index in [0.717, 1.165) is 0 Å². The maximum atomic E-state index is 13.3. The summed E-state index contributed by atoms with van der Waals surface area (Å²) in [5.74, 6) is -0.824. The van der Waals surface area contributed by atoms with Gasteiger partial charge in [-0.3, -0.25) is 4.79 Å². The summed E-state index contributed by atoms with van der Waals surface area (Å²) in [6.45, 7) is -0.0346. The predicted octanol–water partition coefficient (Wildman–Crippen LogP) is 4.99. The van der Waals surface area contributed by atoms with Gasteiger partial charge in [0.05, 0.1) is 5.02 Å². The van der Waals surface area contributed by atoms with Gasteiger partial charge >= 0.3 is 0 Å². The van der Waals surface area contributed by atoms with E-state index in [0.29, 0.717) is 16.3 Å². The molecule has 1 amide bonds. The maximum Gasteiger partial charge on any atom is 0.287 e. The first-order valence-electron chi connectivity index (χ1n) is 8.49. The van der Waals surface area contributed by atoms with Crippen LogP contribution in [0.15, 0.2) is 47.6 Å². The Labute approximate surface area is 178 Å². The lowest BCUT2D eigenvalue weighted by molar-refractivity contribution is -0.164. The van der Waals surface area contributed by atoms with Crippen molar-refractivity contribution in [3.63, 3.8) is 0 Å². The molecular weight excluding hydrogens is 451 g/mol. The third kappa shape index (κ3) is 4.53. The number of benzene rings is 2. The molecule has 0 fully saturated rings. The van der Waals surface area contributed by atoms with Crippen LogP contribution in [-0.4, -0.2) is 40.3 Å². The van der Waals surface area contributed by atoms with Crippen LogP contribution >= 0.6 is 23.2 Å². The van der Waals surface area contributed by atoms with Gasteiger partial charge in [0.25, 0.3) is 18.8 Å². The highest BCUT2D eigenvalue weighted by Gasteiger charge is 2.53. The molecule has 3 rings (SSSR count). The van der Waals surface area contributed by atoms with Gasteiger partial charge in [0.2, 0.25) is 5.72 Å². The molecule has 11 heteroatoms. The van der Waals surface area contributed by atoms with E-state index in [9.17, 15) is 27.5 Å². The normalized spacial score (nSPS) is 18.8. The smallest absolute Gasteiger partial charge is 0.287 e. The number of halogens is 6. The highest BCUT2D eigenvalue weighted by molar-refractivity contribution is 6.35. The SMILES string of the molecule is O=C(c1cccc(COc2ccc(Cl)cc2Cl)c1)N1N=C(C(F)F)CC1(O)C(F)F. The average Bonchev–Trinajstić information content (AvgIpc) is 3.06. The van der Waals surface area contributed by atoms with E-state index in [1.54, 1.807) is 18.2 Å². The molecule has 0 saturated heterocycles. The van der Waals surface area contributed by atoms with Gasteiger partial charge < -0.3 is 9.84 Å². The number of carbonyl (C=O) groups is 1. The molecule has 0 aromatic heterocycles. The van der Waals surface area contributed by atoms with E-state index in [2.05, 4.69) is 5.10 Å². The van der Waals surface area contributed by atoms with Crippen molar-refractivity contribution < 1.29 is 32.2 Å². The van der Waals surface area contributed by atoms with Crippen LogP contribution in [0.3, 0.4) is 0 Å². The van der Waals surface area contributed by atoms with Crippen molar-refractivity contribution in [2.45, 2.75) is 31.6 Å². The molecule has 0 radical (unpaired) electrons. The van der Waals surface area contributed by atoms with Crippen LogP contribution in [0.4, 0.5) is 17.6 Å². The third-order valence-electron chi connectivity index (χ3n) is 4.29. The molecule has 1 heterocycles. The average molecular weight is 465 g/mol. The zero-order valence-electron chi connectivity index (χ0n) is 15.0. The Hall–Kier alpha value is -2.36. The van der Waals surface area contributed by atoms with E-state index in [4.69, 9.17) is 27.9 Å². The summed E-state index contributed by atoms with van der Waals surface area (Å²) in [5, 5.41) is 14.0. The van der Waals surface area contributed by atoms with Gasteiger partial charge in [-0.2, -0.15) is 10.1 Å². The number of rotatable bonds is 6. The molecule has 30 heavy (non-hydrogen) atoms. The minimum absolute atomic E-state index is 0.00912. The summed E-state index contributed by atoms with van der Waals surface area (Å²) < 4.78 is 58.0. The lowest BCUT2D eigenvalue weighted by Crippen LogP contribution is -2.51. The topological polar surface area (TPSA) is 62.1 Å². The second-order valence-corrected chi connectivity index (χ2v) is 7.27. The van der Waals surface area contributed by atoms with Gasteiger partial charge in [-0.05, 0) is 35.9 Å². The molecule has 0 aliphatic carbocycles. The van der Waals surface area contributed by atoms with Crippen molar-refractivity contribution in [3.8, 4) is 5.75 Å². The second-order valence-electron chi connectivity index (χ2n) is 6.43. The minimum Gasteiger partial charge on any atom is -0.487 e. The number of hydrogen-bond donors (Lipinski definition) is 1. The zero-order chi connectivity index (χ0) is 22.1. The van der Waals surface area contributed by atoms with Gasteiger partial charge in [0.1, 0.15) is 18.1 Å². The van der Waals surface area contributed by atoms with Crippen LogP contribution in [0.25, 0.3) is 0 Å². The van der Waals surface area contributed by atoms with Crippen LogP contribution in [0.2, 0.25) is 10.0 Å². The maximum absolute atomic E-state index is 13.3. The number of hydrazone groups is 1. The van der Waals surface area contributed by atoms with Gasteiger partial charge in [-0.1, -0.05) is 35.3 Å². The summed E-state index contributed by atoms with van der Waals surface area (Å²) in [5.41, 5.74) is -3.82. The summed E-state index contributed by atoms with van der Waals surface area (Å²) >= 11 is 11.8. The number of nitrogens with zero attached hydrogens (tertiary/aromatic N) is 2. The van der Waals surface area contributed by atoms with E-state index in [1.165, 1.54) is 24.3 Å². The molecule has 1 atom stereocenters. The molecule has 2 aromatic rings. The minimum atomic E-state index is -3.50. The highest BCUT2D eigenvalue weighted by atomic mass is 35.5. The van der Waals surface area contributed by atoms with Crippen molar-refractivity contribution in [3.05, 3.63) is 63.6 Å². The van der Waals surface area contributed by atoms with Crippen molar-refractivity contribution in [1.82, 2.24) is 5.01 Å². The fraction of sp³-hybridized carbons (Fsp3) is 0.263. The van der Waals surface area contributed by atoms with Gasteiger partial charge in [0, 0.05) is 17.0 Å². The summed E-state index contributed by atoms with van der Waals surface area (Å²) in [6.07, 6.45) is -7.83. The molecule has 0 saturated carbocycles. The molecule has 5 nitrogen and oxygen atoms in total. The van der Waals surface area contributed by atoms with Crippen LogP contribution in [0.1, 0.15) is 22.3 Å². The van der Waals surface area contributed by atoms with E-state index in [-0.39, 0.29) is 22.2 Å². The molecule has 1 N–H and O–H groups in total. The summed E-state index contributed by atoms with van der Waals surface area (Å²) in [6, 6.07) is 10.2. The molecular formula is C19H14Cl2F4N2O3. The Morgan fingerprint density at radius 2 is 1.93 bits per heavy atom. The fourth-order valence-corrected chi connectivity index (χ4v) is 3.24. The largest absolute Gasteiger partial charge is 0.487 e. The fourth-order valence-electron chi connectivity index (χ4n) is 2.77. The number of ether oxygens (including phenoxy) is 1. The molecule has 2 aromatic carbocycles. The Morgan fingerprint density at radius 1 is 1.20 bits per heavy atom. The number of aliphatic hydroxyl groups is 1. The number of carbonyl (C=O) groups excluding carboxylic acids is 1. The second kappa shape index (κ2) is 8.79.